The molecule has 8 nitrogen and oxygen atoms in total. The second-order valence-corrected chi connectivity index (χ2v) is 7.64. The van der Waals surface area contributed by atoms with E-state index in [9.17, 15) is 4.79 Å². The minimum Gasteiger partial charge on any atom is -0.496 e. The van der Waals surface area contributed by atoms with Crippen molar-refractivity contribution >= 4 is 11.4 Å². The number of carbonyl (C=O) groups excluding carboxylic acids is 1. The van der Waals surface area contributed by atoms with Gasteiger partial charge in [0.1, 0.15) is 11.4 Å². The van der Waals surface area contributed by atoms with Crippen molar-refractivity contribution in [2.75, 3.05) is 33.3 Å². The molecule has 3 aromatic heterocycles. The Kier molecular flexibility index (Phi) is 5.13. The van der Waals surface area contributed by atoms with Crippen LogP contribution in [0.25, 0.3) is 16.8 Å². The van der Waals surface area contributed by atoms with Gasteiger partial charge in [0, 0.05) is 44.5 Å². The van der Waals surface area contributed by atoms with Gasteiger partial charge in [0.25, 0.3) is 5.91 Å². The number of methoxy groups -OCH3 is 1. The molecule has 0 unspecified atom stereocenters. The molecule has 1 amide bonds. The predicted octanol–water partition coefficient (Wildman–Crippen LogP) is 2.69. The molecule has 0 aliphatic carbocycles. The largest absolute Gasteiger partial charge is 0.496 e. The summed E-state index contributed by atoms with van der Waals surface area (Å²) < 4.78 is 7.30. The summed E-state index contributed by atoms with van der Waals surface area (Å²) in [4.78, 5) is 17.2. The van der Waals surface area contributed by atoms with E-state index in [1.54, 1.807) is 13.2 Å². The normalized spacial score (nSPS) is 14.8. The SMILES string of the molecule is COc1ccccc1-c1cc(C(=O)N2CCN(Cc3cc4ccccn4n3)CC2)[nH]n1. The van der Waals surface area contributed by atoms with Gasteiger partial charge >= 0.3 is 0 Å². The average molecular weight is 416 g/mol. The van der Waals surface area contributed by atoms with Gasteiger partial charge in [-0.15, -0.1) is 0 Å². The molecule has 1 N–H and O–H groups in total. The molecule has 4 heterocycles. The maximum absolute atomic E-state index is 13.0. The quantitative estimate of drug-likeness (QED) is 0.541. The molecule has 1 aliphatic rings. The second kappa shape index (κ2) is 8.23. The number of para-hydroxylation sites is 1. The molecule has 0 bridgehead atoms. The van der Waals surface area contributed by atoms with Gasteiger partial charge in [-0.05, 0) is 36.4 Å². The number of aromatic amines is 1. The summed E-state index contributed by atoms with van der Waals surface area (Å²) in [5.41, 5.74) is 4.19. The highest BCUT2D eigenvalue weighted by Gasteiger charge is 2.24. The molecule has 4 aromatic rings. The predicted molar refractivity (Wildman–Crippen MR) is 117 cm³/mol. The number of pyridine rings is 1. The van der Waals surface area contributed by atoms with Gasteiger partial charge in [-0.3, -0.25) is 14.8 Å². The van der Waals surface area contributed by atoms with Crippen LogP contribution in [-0.4, -0.2) is 68.8 Å². The first-order chi connectivity index (χ1) is 15.2. The van der Waals surface area contributed by atoms with Crippen LogP contribution in [0.3, 0.4) is 0 Å². The van der Waals surface area contributed by atoms with Crippen molar-refractivity contribution in [2.24, 2.45) is 0 Å². The average Bonchev–Trinajstić information content (AvgIpc) is 3.46. The Morgan fingerprint density at radius 3 is 2.68 bits per heavy atom. The van der Waals surface area contributed by atoms with Crippen LogP contribution in [0.2, 0.25) is 0 Å². The lowest BCUT2D eigenvalue weighted by Crippen LogP contribution is -2.48. The molecule has 31 heavy (non-hydrogen) atoms. The molecule has 158 valence electrons. The number of benzene rings is 1. The Labute approximate surface area is 180 Å². The third-order valence-corrected chi connectivity index (χ3v) is 5.66. The van der Waals surface area contributed by atoms with Crippen LogP contribution >= 0.6 is 0 Å². The Hall–Kier alpha value is -3.65. The topological polar surface area (TPSA) is 78.8 Å². The minimum absolute atomic E-state index is 0.0268. The summed E-state index contributed by atoms with van der Waals surface area (Å²) in [7, 11) is 1.63. The van der Waals surface area contributed by atoms with Crippen LogP contribution in [0, 0.1) is 0 Å². The van der Waals surface area contributed by atoms with Crippen LogP contribution in [0.1, 0.15) is 16.2 Å². The number of piperazine rings is 1. The van der Waals surface area contributed by atoms with Crippen molar-refractivity contribution < 1.29 is 9.53 Å². The van der Waals surface area contributed by atoms with E-state index in [1.165, 1.54) is 0 Å². The van der Waals surface area contributed by atoms with E-state index in [0.717, 1.165) is 42.2 Å². The van der Waals surface area contributed by atoms with Gasteiger partial charge in [0.2, 0.25) is 0 Å². The van der Waals surface area contributed by atoms with Crippen molar-refractivity contribution in [3.8, 4) is 17.0 Å². The molecule has 1 aromatic carbocycles. The second-order valence-electron chi connectivity index (χ2n) is 7.64. The minimum atomic E-state index is -0.0268. The van der Waals surface area contributed by atoms with Crippen LogP contribution in [-0.2, 0) is 6.54 Å². The van der Waals surface area contributed by atoms with Crippen LogP contribution < -0.4 is 4.74 Å². The molecule has 1 aliphatic heterocycles. The Morgan fingerprint density at radius 2 is 1.87 bits per heavy atom. The number of carbonyl (C=O) groups is 1. The number of nitrogens with one attached hydrogen (secondary N) is 1. The smallest absolute Gasteiger partial charge is 0.271 e. The van der Waals surface area contributed by atoms with Crippen LogP contribution in [0.4, 0.5) is 0 Å². The zero-order chi connectivity index (χ0) is 21.2. The van der Waals surface area contributed by atoms with E-state index in [0.29, 0.717) is 24.5 Å². The van der Waals surface area contributed by atoms with Gasteiger partial charge in [-0.1, -0.05) is 18.2 Å². The number of ether oxygens (including phenoxy) is 1. The summed E-state index contributed by atoms with van der Waals surface area (Å²) in [6, 6.07) is 17.6. The molecule has 1 fully saturated rings. The highest BCUT2D eigenvalue weighted by atomic mass is 16.5. The summed E-state index contributed by atoms with van der Waals surface area (Å²) in [6.07, 6.45) is 1.96. The monoisotopic (exact) mass is 416 g/mol. The van der Waals surface area contributed by atoms with Crippen molar-refractivity contribution in [1.29, 1.82) is 0 Å². The third-order valence-electron chi connectivity index (χ3n) is 5.66. The van der Waals surface area contributed by atoms with E-state index in [4.69, 9.17) is 4.74 Å². The highest BCUT2D eigenvalue weighted by Crippen LogP contribution is 2.28. The molecule has 8 heteroatoms. The summed E-state index contributed by atoms with van der Waals surface area (Å²) in [5.74, 6) is 0.703. The van der Waals surface area contributed by atoms with Crippen molar-refractivity contribution in [1.82, 2.24) is 29.6 Å². The fourth-order valence-electron chi connectivity index (χ4n) is 4.00. The van der Waals surface area contributed by atoms with Crippen molar-refractivity contribution in [2.45, 2.75) is 6.54 Å². The van der Waals surface area contributed by atoms with Crippen LogP contribution in [0.15, 0.2) is 60.8 Å². The number of aromatic nitrogens is 4. The number of H-pyrrole nitrogens is 1. The number of hydrogen-bond donors (Lipinski definition) is 1. The summed E-state index contributed by atoms with van der Waals surface area (Å²) >= 11 is 0. The summed E-state index contributed by atoms with van der Waals surface area (Å²) in [5, 5.41) is 11.8. The number of hydrogen-bond acceptors (Lipinski definition) is 5. The Morgan fingerprint density at radius 1 is 1.06 bits per heavy atom. The fourth-order valence-corrected chi connectivity index (χ4v) is 4.00. The van der Waals surface area contributed by atoms with Gasteiger partial charge in [0.15, 0.2) is 0 Å². The lowest BCUT2D eigenvalue weighted by atomic mass is 10.1. The standard InChI is InChI=1S/C23H24N6O2/c1-31-22-8-3-2-7-19(22)20-15-21(25-24-20)23(30)28-12-10-27(11-13-28)16-17-14-18-6-4-5-9-29(18)26-17/h2-9,14-15H,10-13,16H2,1H3,(H,24,25). The molecule has 0 saturated carbocycles. The summed E-state index contributed by atoms with van der Waals surface area (Å²) in [6.45, 7) is 3.76. The number of amides is 1. The van der Waals surface area contributed by atoms with E-state index in [2.05, 4.69) is 32.3 Å². The molecule has 0 spiro atoms. The molecular weight excluding hydrogens is 392 g/mol. The lowest BCUT2D eigenvalue weighted by molar-refractivity contribution is 0.0621. The third kappa shape index (κ3) is 3.89. The van der Waals surface area contributed by atoms with E-state index in [-0.39, 0.29) is 5.91 Å². The Bertz CT molecular complexity index is 1170. The number of fused-ring (bicyclic) bond motifs is 1. The van der Waals surface area contributed by atoms with Crippen molar-refractivity contribution in [3.63, 3.8) is 0 Å². The molecule has 0 atom stereocenters. The molecule has 5 rings (SSSR count). The van der Waals surface area contributed by atoms with Gasteiger partial charge in [-0.25, -0.2) is 4.52 Å². The first kappa shape index (κ1) is 19.3. The lowest BCUT2D eigenvalue weighted by Gasteiger charge is -2.34. The molecule has 0 radical (unpaired) electrons. The Balaban J connectivity index is 1.22. The number of nitrogens with zero attached hydrogens (tertiary/aromatic N) is 5. The maximum Gasteiger partial charge on any atom is 0.271 e. The van der Waals surface area contributed by atoms with Gasteiger partial charge in [-0.2, -0.15) is 10.2 Å². The van der Waals surface area contributed by atoms with Gasteiger partial charge in [0.05, 0.1) is 24.0 Å². The zero-order valence-electron chi connectivity index (χ0n) is 17.4. The van der Waals surface area contributed by atoms with Crippen molar-refractivity contribution in [3.05, 3.63) is 72.2 Å². The fraction of sp³-hybridized carbons (Fsp3) is 0.261. The first-order valence-electron chi connectivity index (χ1n) is 10.3. The maximum atomic E-state index is 13.0. The van der Waals surface area contributed by atoms with E-state index >= 15 is 0 Å². The zero-order valence-corrected chi connectivity index (χ0v) is 17.4. The molecule has 1 saturated heterocycles. The van der Waals surface area contributed by atoms with E-state index in [1.807, 2.05) is 52.0 Å². The first-order valence-corrected chi connectivity index (χ1v) is 10.3. The molecular formula is C23H24N6O2. The van der Waals surface area contributed by atoms with E-state index < -0.39 is 0 Å². The number of rotatable bonds is 5. The van der Waals surface area contributed by atoms with Gasteiger partial charge < -0.3 is 9.64 Å². The van der Waals surface area contributed by atoms with Crippen LogP contribution in [0.5, 0.6) is 5.75 Å². The highest BCUT2D eigenvalue weighted by molar-refractivity contribution is 5.93.